The first kappa shape index (κ1) is 12.5. The number of aromatic nitrogens is 2. The van der Waals surface area contributed by atoms with E-state index in [1.165, 1.54) is 0 Å². The molecule has 20 heavy (non-hydrogen) atoms. The molecule has 0 atom stereocenters. The van der Waals surface area contributed by atoms with Crippen LogP contribution in [0.5, 0.6) is 0 Å². The summed E-state index contributed by atoms with van der Waals surface area (Å²) in [5.41, 5.74) is 7.17. The van der Waals surface area contributed by atoms with Crippen LogP contribution in [0.25, 0.3) is 10.8 Å². The molecule has 3 N–H and O–H groups in total. The largest absolute Gasteiger partial charge is 0.388 e. The fourth-order valence-electron chi connectivity index (χ4n) is 2.01. The van der Waals surface area contributed by atoms with Crippen molar-refractivity contribution < 1.29 is 0 Å². The van der Waals surface area contributed by atoms with Gasteiger partial charge in [-0.1, -0.05) is 30.4 Å². The molecule has 5 heteroatoms. The fourth-order valence-corrected chi connectivity index (χ4v) is 2.12. The smallest absolute Gasteiger partial charge is 0.131 e. The van der Waals surface area contributed by atoms with Gasteiger partial charge < -0.3 is 11.1 Å². The molecule has 0 spiro atoms. The van der Waals surface area contributed by atoms with Crippen LogP contribution < -0.4 is 11.1 Å². The lowest BCUT2D eigenvalue weighted by atomic mass is 10.1. The third-order valence-electron chi connectivity index (χ3n) is 2.95. The van der Waals surface area contributed by atoms with Gasteiger partial charge in [0.05, 0.1) is 5.69 Å². The highest BCUT2D eigenvalue weighted by Gasteiger charge is 2.03. The van der Waals surface area contributed by atoms with Gasteiger partial charge in [0.25, 0.3) is 0 Å². The number of anilines is 2. The summed E-state index contributed by atoms with van der Waals surface area (Å²) >= 11 is 4.94. The predicted octanol–water partition coefficient (Wildman–Crippen LogP) is 3.01. The van der Waals surface area contributed by atoms with Crippen LogP contribution >= 0.6 is 12.2 Å². The molecule has 3 aromatic rings. The maximum atomic E-state index is 5.60. The van der Waals surface area contributed by atoms with Gasteiger partial charge in [0, 0.05) is 28.9 Å². The van der Waals surface area contributed by atoms with E-state index in [0.717, 1.165) is 16.5 Å². The Morgan fingerprint density at radius 3 is 2.80 bits per heavy atom. The number of nitrogens with one attached hydrogen (secondary N) is 1. The summed E-state index contributed by atoms with van der Waals surface area (Å²) in [7, 11) is 0. The van der Waals surface area contributed by atoms with Gasteiger partial charge in [-0.05, 0) is 24.3 Å². The molecule has 0 amide bonds. The van der Waals surface area contributed by atoms with Crippen molar-refractivity contribution in [3.8, 4) is 0 Å². The van der Waals surface area contributed by atoms with Crippen LogP contribution in [0.2, 0.25) is 0 Å². The topological polar surface area (TPSA) is 63.8 Å². The first-order chi connectivity index (χ1) is 9.74. The van der Waals surface area contributed by atoms with Crippen molar-refractivity contribution in [1.29, 1.82) is 0 Å². The molecule has 0 aliphatic heterocycles. The normalized spacial score (nSPS) is 10.4. The molecule has 2 aromatic heterocycles. The maximum absolute atomic E-state index is 5.60. The number of pyridine rings is 2. The van der Waals surface area contributed by atoms with Crippen molar-refractivity contribution in [3.63, 3.8) is 0 Å². The lowest BCUT2D eigenvalue weighted by Gasteiger charge is -2.09. The maximum Gasteiger partial charge on any atom is 0.131 e. The number of rotatable bonds is 3. The third-order valence-corrected chi connectivity index (χ3v) is 3.15. The highest BCUT2D eigenvalue weighted by molar-refractivity contribution is 7.80. The Labute approximate surface area is 121 Å². The molecule has 0 saturated carbocycles. The van der Waals surface area contributed by atoms with Crippen molar-refractivity contribution in [2.45, 2.75) is 0 Å². The van der Waals surface area contributed by atoms with Crippen LogP contribution in [0.15, 0.2) is 54.9 Å². The molecule has 0 aliphatic carbocycles. The summed E-state index contributed by atoms with van der Waals surface area (Å²) in [5, 5.41) is 5.45. The second-order valence-electron chi connectivity index (χ2n) is 4.30. The van der Waals surface area contributed by atoms with E-state index in [9.17, 15) is 0 Å². The molecular weight excluding hydrogens is 268 g/mol. The summed E-state index contributed by atoms with van der Waals surface area (Å²) in [5.74, 6) is 0.708. The fraction of sp³-hybridized carbons (Fsp3) is 0. The average Bonchev–Trinajstić information content (AvgIpc) is 2.48. The van der Waals surface area contributed by atoms with Crippen LogP contribution in [0.1, 0.15) is 5.69 Å². The number of hydrogen-bond acceptors (Lipinski definition) is 4. The summed E-state index contributed by atoms with van der Waals surface area (Å²) in [6.07, 6.45) is 3.60. The first-order valence-corrected chi connectivity index (χ1v) is 6.51. The van der Waals surface area contributed by atoms with Gasteiger partial charge in [-0.15, -0.1) is 0 Å². The van der Waals surface area contributed by atoms with E-state index in [1.54, 1.807) is 12.3 Å². The molecule has 0 saturated heterocycles. The van der Waals surface area contributed by atoms with Gasteiger partial charge in [0.15, 0.2) is 0 Å². The predicted molar refractivity (Wildman–Crippen MR) is 85.2 cm³/mol. The summed E-state index contributed by atoms with van der Waals surface area (Å²) < 4.78 is 0. The Morgan fingerprint density at radius 1 is 1.10 bits per heavy atom. The minimum absolute atomic E-state index is 0.288. The minimum Gasteiger partial charge on any atom is -0.388 e. The number of nitrogens with zero attached hydrogens (tertiary/aromatic N) is 2. The zero-order valence-electron chi connectivity index (χ0n) is 10.6. The van der Waals surface area contributed by atoms with E-state index in [0.29, 0.717) is 11.5 Å². The van der Waals surface area contributed by atoms with Crippen LogP contribution in [-0.4, -0.2) is 15.0 Å². The Balaban J connectivity index is 2.01. The number of thiocarbonyl (C=S) groups is 1. The molecule has 4 nitrogen and oxygen atoms in total. The number of nitrogens with two attached hydrogens (primary N) is 1. The monoisotopic (exact) mass is 280 g/mol. The van der Waals surface area contributed by atoms with Gasteiger partial charge >= 0.3 is 0 Å². The van der Waals surface area contributed by atoms with Gasteiger partial charge in [0.2, 0.25) is 0 Å². The highest BCUT2D eigenvalue weighted by atomic mass is 32.1. The lowest BCUT2D eigenvalue weighted by molar-refractivity contribution is 1.28. The highest BCUT2D eigenvalue weighted by Crippen LogP contribution is 2.24. The second kappa shape index (κ2) is 5.22. The molecule has 0 unspecified atom stereocenters. The van der Waals surface area contributed by atoms with Gasteiger partial charge in [0.1, 0.15) is 10.8 Å². The van der Waals surface area contributed by atoms with Crippen LogP contribution in [0.3, 0.4) is 0 Å². The molecule has 98 valence electrons. The van der Waals surface area contributed by atoms with Crippen molar-refractivity contribution in [1.82, 2.24) is 9.97 Å². The molecule has 2 heterocycles. The number of fused-ring (bicyclic) bond motifs is 1. The standard InChI is InChI=1S/C15H12N4S/c16-15(20)13-5-2-6-14(19-13)18-12-4-1-3-10-9-17-8-7-11(10)12/h1-9H,(H2,16,20)(H,18,19). The van der Waals surface area contributed by atoms with Crippen LogP contribution in [0, 0.1) is 0 Å². The van der Waals surface area contributed by atoms with E-state index < -0.39 is 0 Å². The molecular formula is C15H12N4S. The number of benzene rings is 1. The summed E-state index contributed by atoms with van der Waals surface area (Å²) in [4.78, 5) is 8.79. The Hall–Kier alpha value is -2.53. The molecule has 0 aliphatic rings. The zero-order chi connectivity index (χ0) is 13.9. The average molecular weight is 280 g/mol. The minimum atomic E-state index is 0.288. The molecule has 0 radical (unpaired) electrons. The Kier molecular flexibility index (Phi) is 3.26. The van der Waals surface area contributed by atoms with E-state index in [1.807, 2.05) is 42.6 Å². The lowest BCUT2D eigenvalue weighted by Crippen LogP contribution is -2.12. The third kappa shape index (κ3) is 2.44. The molecule has 0 fully saturated rings. The van der Waals surface area contributed by atoms with Crippen molar-refractivity contribution >= 4 is 39.5 Å². The van der Waals surface area contributed by atoms with Crippen LogP contribution in [-0.2, 0) is 0 Å². The Morgan fingerprint density at radius 2 is 1.95 bits per heavy atom. The van der Waals surface area contributed by atoms with E-state index in [4.69, 9.17) is 18.0 Å². The van der Waals surface area contributed by atoms with Gasteiger partial charge in [-0.25, -0.2) is 4.98 Å². The Bertz CT molecular complexity index is 780. The number of hydrogen-bond donors (Lipinski definition) is 2. The zero-order valence-corrected chi connectivity index (χ0v) is 11.4. The molecule has 0 bridgehead atoms. The quantitative estimate of drug-likeness (QED) is 0.722. The SMILES string of the molecule is NC(=S)c1cccc(Nc2cccc3cnccc23)n1. The summed E-state index contributed by atoms with van der Waals surface area (Å²) in [6.45, 7) is 0. The van der Waals surface area contributed by atoms with E-state index in [-0.39, 0.29) is 4.99 Å². The van der Waals surface area contributed by atoms with Crippen molar-refractivity contribution in [2.24, 2.45) is 5.73 Å². The summed E-state index contributed by atoms with van der Waals surface area (Å²) in [6, 6.07) is 13.5. The van der Waals surface area contributed by atoms with E-state index >= 15 is 0 Å². The first-order valence-electron chi connectivity index (χ1n) is 6.11. The van der Waals surface area contributed by atoms with E-state index in [2.05, 4.69) is 15.3 Å². The van der Waals surface area contributed by atoms with Gasteiger partial charge in [-0.2, -0.15) is 0 Å². The van der Waals surface area contributed by atoms with Crippen molar-refractivity contribution in [2.75, 3.05) is 5.32 Å². The molecule has 3 rings (SSSR count). The van der Waals surface area contributed by atoms with Crippen molar-refractivity contribution in [3.05, 3.63) is 60.6 Å². The van der Waals surface area contributed by atoms with Crippen LogP contribution in [0.4, 0.5) is 11.5 Å². The second-order valence-corrected chi connectivity index (χ2v) is 4.74. The van der Waals surface area contributed by atoms with Gasteiger partial charge in [-0.3, -0.25) is 4.98 Å². The molecule has 1 aromatic carbocycles.